The number of hydrogen-bond donors (Lipinski definition) is 1. The van der Waals surface area contributed by atoms with E-state index in [1.54, 1.807) is 24.3 Å². The Balaban J connectivity index is 1.85. The zero-order valence-electron chi connectivity index (χ0n) is 13.2. The first-order chi connectivity index (χ1) is 11.1. The lowest BCUT2D eigenvalue weighted by atomic mass is 9.95. The predicted octanol–water partition coefficient (Wildman–Crippen LogP) is 3.29. The van der Waals surface area contributed by atoms with E-state index in [2.05, 4.69) is 0 Å². The van der Waals surface area contributed by atoms with Crippen molar-refractivity contribution >= 4 is 18.0 Å². The zero-order valence-corrected chi connectivity index (χ0v) is 13.2. The molecule has 1 fully saturated rings. The van der Waals surface area contributed by atoms with Crippen molar-refractivity contribution in [3.8, 4) is 0 Å². The van der Waals surface area contributed by atoms with Crippen LogP contribution in [0, 0.1) is 0 Å². The maximum absolute atomic E-state index is 12.1. The Morgan fingerprint density at radius 2 is 1.74 bits per heavy atom. The molecule has 2 rings (SSSR count). The second kappa shape index (κ2) is 8.48. The van der Waals surface area contributed by atoms with Crippen molar-refractivity contribution in [2.45, 2.75) is 44.8 Å². The van der Waals surface area contributed by atoms with E-state index in [1.807, 2.05) is 6.92 Å². The van der Waals surface area contributed by atoms with Crippen molar-refractivity contribution in [1.82, 2.24) is 0 Å². The Labute approximate surface area is 135 Å². The standard InChI is InChI=1S/C18H22O5/c1-2-22-15-8-10-16(11-9-15)23-18(21)14-6-3-13(4-7-14)5-12-17(19)20/h3-7,12,15-16H,2,8-11H2,1H3,(H,19,20). The highest BCUT2D eigenvalue weighted by molar-refractivity contribution is 5.90. The number of rotatable bonds is 6. The van der Waals surface area contributed by atoms with Gasteiger partial charge in [0.1, 0.15) is 6.10 Å². The van der Waals surface area contributed by atoms with Crippen LogP contribution in [0.3, 0.4) is 0 Å². The van der Waals surface area contributed by atoms with Crippen molar-refractivity contribution in [2.75, 3.05) is 6.61 Å². The smallest absolute Gasteiger partial charge is 0.338 e. The van der Waals surface area contributed by atoms with Crippen molar-refractivity contribution in [1.29, 1.82) is 0 Å². The molecule has 0 radical (unpaired) electrons. The van der Waals surface area contributed by atoms with Crippen LogP contribution in [0.1, 0.15) is 48.5 Å². The Hall–Kier alpha value is -2.14. The van der Waals surface area contributed by atoms with Gasteiger partial charge in [0.15, 0.2) is 0 Å². The molecule has 1 saturated carbocycles. The van der Waals surface area contributed by atoms with Crippen LogP contribution in [0.15, 0.2) is 30.3 Å². The lowest BCUT2D eigenvalue weighted by molar-refractivity contribution is -0.131. The summed E-state index contributed by atoms with van der Waals surface area (Å²) in [6, 6.07) is 6.69. The molecule has 0 atom stereocenters. The number of aliphatic carboxylic acids is 1. The maximum Gasteiger partial charge on any atom is 0.338 e. The van der Waals surface area contributed by atoms with Gasteiger partial charge >= 0.3 is 11.9 Å². The van der Waals surface area contributed by atoms with Crippen LogP contribution in [-0.4, -0.2) is 35.9 Å². The first kappa shape index (κ1) is 17.2. The van der Waals surface area contributed by atoms with Gasteiger partial charge in [0, 0.05) is 12.7 Å². The van der Waals surface area contributed by atoms with E-state index >= 15 is 0 Å². The van der Waals surface area contributed by atoms with Crippen LogP contribution in [0.5, 0.6) is 0 Å². The Morgan fingerprint density at radius 1 is 1.13 bits per heavy atom. The molecule has 1 N–H and O–H groups in total. The third kappa shape index (κ3) is 5.53. The fourth-order valence-corrected chi connectivity index (χ4v) is 2.67. The summed E-state index contributed by atoms with van der Waals surface area (Å²) in [4.78, 5) is 22.6. The summed E-state index contributed by atoms with van der Waals surface area (Å²) in [6.45, 7) is 2.71. The lowest BCUT2D eigenvalue weighted by Crippen LogP contribution is -2.28. The number of hydrogen-bond acceptors (Lipinski definition) is 4. The average molecular weight is 318 g/mol. The summed E-state index contributed by atoms with van der Waals surface area (Å²) in [5, 5.41) is 8.58. The van der Waals surface area contributed by atoms with Gasteiger partial charge in [-0.15, -0.1) is 0 Å². The highest BCUT2D eigenvalue weighted by atomic mass is 16.5. The fraction of sp³-hybridized carbons (Fsp3) is 0.444. The first-order valence-corrected chi connectivity index (χ1v) is 7.92. The first-order valence-electron chi connectivity index (χ1n) is 7.92. The summed E-state index contributed by atoms with van der Waals surface area (Å²) in [7, 11) is 0. The van der Waals surface area contributed by atoms with E-state index in [0.717, 1.165) is 43.9 Å². The fourth-order valence-electron chi connectivity index (χ4n) is 2.67. The number of carbonyl (C=O) groups is 2. The number of ether oxygens (including phenoxy) is 2. The van der Waals surface area contributed by atoms with Crippen LogP contribution in [0.2, 0.25) is 0 Å². The summed E-state index contributed by atoms with van der Waals surface area (Å²) in [6.07, 6.45) is 6.28. The van der Waals surface area contributed by atoms with Crippen molar-refractivity contribution < 1.29 is 24.2 Å². The van der Waals surface area contributed by atoms with E-state index < -0.39 is 5.97 Å². The molecule has 5 heteroatoms. The molecule has 0 spiro atoms. The molecule has 0 unspecified atom stereocenters. The molecule has 23 heavy (non-hydrogen) atoms. The lowest BCUT2D eigenvalue weighted by Gasteiger charge is -2.28. The van der Waals surface area contributed by atoms with Gasteiger partial charge < -0.3 is 14.6 Å². The molecule has 1 aliphatic carbocycles. The number of carbonyl (C=O) groups excluding carboxylic acids is 1. The average Bonchev–Trinajstić information content (AvgIpc) is 2.55. The molecule has 0 saturated heterocycles. The predicted molar refractivity (Wildman–Crippen MR) is 86.2 cm³/mol. The number of benzene rings is 1. The third-order valence-corrected chi connectivity index (χ3v) is 3.86. The van der Waals surface area contributed by atoms with Gasteiger partial charge in [-0.1, -0.05) is 12.1 Å². The Morgan fingerprint density at radius 3 is 2.30 bits per heavy atom. The highest BCUT2D eigenvalue weighted by Crippen LogP contribution is 2.24. The van der Waals surface area contributed by atoms with Crippen molar-refractivity contribution in [3.63, 3.8) is 0 Å². The topological polar surface area (TPSA) is 72.8 Å². The normalized spacial score (nSPS) is 21.3. The second-order valence-corrected chi connectivity index (χ2v) is 5.55. The van der Waals surface area contributed by atoms with E-state index in [-0.39, 0.29) is 18.2 Å². The Bertz CT molecular complexity index is 553. The molecular weight excluding hydrogens is 296 g/mol. The molecule has 0 aromatic heterocycles. The number of carboxylic acid groups (broad SMARTS) is 1. The molecule has 0 heterocycles. The van der Waals surface area contributed by atoms with E-state index in [1.165, 1.54) is 6.08 Å². The number of esters is 1. The number of carboxylic acids is 1. The minimum atomic E-state index is -1.00. The van der Waals surface area contributed by atoms with Gasteiger partial charge in [0.2, 0.25) is 0 Å². The molecular formula is C18H22O5. The maximum atomic E-state index is 12.1. The van der Waals surface area contributed by atoms with E-state index in [0.29, 0.717) is 5.56 Å². The van der Waals surface area contributed by atoms with Gasteiger partial charge in [-0.2, -0.15) is 0 Å². The molecule has 0 amide bonds. The summed E-state index contributed by atoms with van der Waals surface area (Å²) in [5.41, 5.74) is 1.20. The van der Waals surface area contributed by atoms with Crippen LogP contribution in [-0.2, 0) is 14.3 Å². The van der Waals surface area contributed by atoms with E-state index in [9.17, 15) is 9.59 Å². The van der Waals surface area contributed by atoms with Crippen molar-refractivity contribution in [3.05, 3.63) is 41.5 Å². The largest absolute Gasteiger partial charge is 0.478 e. The highest BCUT2D eigenvalue weighted by Gasteiger charge is 2.24. The minimum absolute atomic E-state index is 0.0502. The van der Waals surface area contributed by atoms with Crippen LogP contribution < -0.4 is 0 Å². The molecule has 1 aromatic carbocycles. The van der Waals surface area contributed by atoms with Crippen LogP contribution in [0.25, 0.3) is 6.08 Å². The quantitative estimate of drug-likeness (QED) is 0.643. The van der Waals surface area contributed by atoms with Gasteiger partial charge in [-0.3, -0.25) is 0 Å². The van der Waals surface area contributed by atoms with Crippen LogP contribution in [0.4, 0.5) is 0 Å². The van der Waals surface area contributed by atoms with Gasteiger partial charge in [0.25, 0.3) is 0 Å². The summed E-state index contributed by atoms with van der Waals surface area (Å²) < 4.78 is 11.1. The molecule has 5 nitrogen and oxygen atoms in total. The van der Waals surface area contributed by atoms with E-state index in [4.69, 9.17) is 14.6 Å². The zero-order chi connectivity index (χ0) is 16.7. The second-order valence-electron chi connectivity index (χ2n) is 5.55. The molecule has 124 valence electrons. The van der Waals surface area contributed by atoms with Gasteiger partial charge in [0.05, 0.1) is 11.7 Å². The molecule has 1 aliphatic rings. The molecule has 0 aliphatic heterocycles. The van der Waals surface area contributed by atoms with Crippen molar-refractivity contribution in [2.24, 2.45) is 0 Å². The summed E-state index contributed by atoms with van der Waals surface area (Å²) >= 11 is 0. The SMILES string of the molecule is CCOC1CCC(OC(=O)c2ccc(C=CC(=O)O)cc2)CC1. The van der Waals surface area contributed by atoms with Gasteiger partial charge in [-0.05, 0) is 56.4 Å². The van der Waals surface area contributed by atoms with Gasteiger partial charge in [-0.25, -0.2) is 9.59 Å². The molecule has 1 aromatic rings. The monoisotopic (exact) mass is 318 g/mol. The summed E-state index contributed by atoms with van der Waals surface area (Å²) in [5.74, 6) is -1.34. The third-order valence-electron chi connectivity index (χ3n) is 3.86. The Kier molecular flexibility index (Phi) is 6.35. The van der Waals surface area contributed by atoms with Crippen LogP contribution >= 0.6 is 0 Å². The molecule has 0 bridgehead atoms. The minimum Gasteiger partial charge on any atom is -0.478 e.